The summed E-state index contributed by atoms with van der Waals surface area (Å²) in [6.45, 7) is 2.10. The molecule has 0 atom stereocenters. The second-order valence-electron chi connectivity index (χ2n) is 6.78. The normalized spacial score (nSPS) is 10.9. The first-order valence-electron chi connectivity index (χ1n) is 9.72. The number of amides is 1. The van der Waals surface area contributed by atoms with Crippen LogP contribution in [0.15, 0.2) is 64.5 Å². The first kappa shape index (κ1) is 20.7. The molecule has 2 aromatic heterocycles. The Morgan fingerprint density at radius 3 is 2.58 bits per heavy atom. The molecule has 0 bridgehead atoms. The maximum Gasteiger partial charge on any atom is 0.290 e. The lowest BCUT2D eigenvalue weighted by Crippen LogP contribution is -2.17. The lowest BCUT2D eigenvalue weighted by molar-refractivity contribution is -0.113. The molecule has 158 valence electrons. The molecule has 0 aliphatic heterocycles. The van der Waals surface area contributed by atoms with Crippen molar-refractivity contribution in [1.82, 2.24) is 19.8 Å². The van der Waals surface area contributed by atoms with Crippen molar-refractivity contribution in [2.24, 2.45) is 0 Å². The highest BCUT2D eigenvalue weighted by molar-refractivity contribution is 7.99. The summed E-state index contributed by atoms with van der Waals surface area (Å²) in [5.74, 6) is 0.630. The minimum atomic E-state index is -0.337. The minimum absolute atomic E-state index is 0.112. The summed E-state index contributed by atoms with van der Waals surface area (Å²) in [5, 5.41) is 14.3. The number of methoxy groups -OCH3 is 1. The second kappa shape index (κ2) is 9.05. The molecule has 0 saturated heterocycles. The Bertz CT molecular complexity index is 1260. The van der Waals surface area contributed by atoms with Gasteiger partial charge in [0, 0.05) is 11.3 Å². The highest BCUT2D eigenvalue weighted by atomic mass is 32.2. The van der Waals surface area contributed by atoms with Crippen LogP contribution in [0, 0.1) is 0 Å². The number of carbonyl (C=O) groups is 1. The van der Waals surface area contributed by atoms with Gasteiger partial charge in [0.25, 0.3) is 5.56 Å². The molecular formula is C22H21N5O3S. The van der Waals surface area contributed by atoms with E-state index in [2.05, 4.69) is 27.5 Å². The molecule has 8 nitrogen and oxygen atoms in total. The van der Waals surface area contributed by atoms with E-state index in [4.69, 9.17) is 4.74 Å². The van der Waals surface area contributed by atoms with Gasteiger partial charge in [-0.25, -0.2) is 9.61 Å². The maximum absolute atomic E-state index is 12.3. The number of aromatic nitrogens is 4. The number of aryl methyl sites for hydroxylation is 1. The molecule has 31 heavy (non-hydrogen) atoms. The molecule has 9 heteroatoms. The lowest BCUT2D eigenvalue weighted by atomic mass is 10.1. The van der Waals surface area contributed by atoms with Gasteiger partial charge in [0.15, 0.2) is 0 Å². The van der Waals surface area contributed by atoms with E-state index < -0.39 is 0 Å². The summed E-state index contributed by atoms with van der Waals surface area (Å²) in [6.07, 6.45) is 0.953. The van der Waals surface area contributed by atoms with Crippen molar-refractivity contribution in [3.05, 3.63) is 70.5 Å². The van der Waals surface area contributed by atoms with Crippen LogP contribution in [0.3, 0.4) is 0 Å². The summed E-state index contributed by atoms with van der Waals surface area (Å²) >= 11 is 1.19. The average Bonchev–Trinajstić information content (AvgIpc) is 3.26. The van der Waals surface area contributed by atoms with Gasteiger partial charge >= 0.3 is 0 Å². The Balaban J connectivity index is 1.51. The molecule has 0 saturated carbocycles. The van der Waals surface area contributed by atoms with Crippen molar-refractivity contribution in [1.29, 1.82) is 0 Å². The van der Waals surface area contributed by atoms with Crippen molar-refractivity contribution >= 4 is 28.9 Å². The van der Waals surface area contributed by atoms with Crippen molar-refractivity contribution in [2.75, 3.05) is 18.2 Å². The highest BCUT2D eigenvalue weighted by Gasteiger charge is 2.14. The third kappa shape index (κ3) is 4.61. The predicted octanol–water partition coefficient (Wildman–Crippen LogP) is 3.39. The van der Waals surface area contributed by atoms with E-state index in [9.17, 15) is 9.59 Å². The van der Waals surface area contributed by atoms with Gasteiger partial charge in [0.05, 0.1) is 18.6 Å². The second-order valence-corrected chi connectivity index (χ2v) is 7.72. The quantitative estimate of drug-likeness (QED) is 0.432. The van der Waals surface area contributed by atoms with Gasteiger partial charge < -0.3 is 10.1 Å². The third-order valence-electron chi connectivity index (χ3n) is 4.74. The Kier molecular flexibility index (Phi) is 6.03. The molecule has 0 aliphatic rings. The zero-order chi connectivity index (χ0) is 21.8. The number of anilines is 1. The molecule has 0 unspecified atom stereocenters. The zero-order valence-electron chi connectivity index (χ0n) is 17.1. The number of ether oxygens (including phenoxy) is 1. The van der Waals surface area contributed by atoms with Gasteiger partial charge in [-0.3, -0.25) is 9.59 Å². The van der Waals surface area contributed by atoms with E-state index in [0.29, 0.717) is 27.8 Å². The number of nitrogens with zero attached hydrogens (tertiary/aromatic N) is 3. The highest BCUT2D eigenvalue weighted by Crippen LogP contribution is 2.22. The smallest absolute Gasteiger partial charge is 0.290 e. The Morgan fingerprint density at radius 1 is 1.16 bits per heavy atom. The molecule has 1 amide bonds. The Labute approximate surface area is 182 Å². The molecule has 4 aromatic rings. The largest absolute Gasteiger partial charge is 0.497 e. The number of nitrogens with one attached hydrogen (secondary N) is 2. The van der Waals surface area contributed by atoms with Crippen LogP contribution in [-0.2, 0) is 11.2 Å². The molecule has 0 fully saturated rings. The number of hydrogen-bond donors (Lipinski definition) is 2. The Hall–Kier alpha value is -3.59. The van der Waals surface area contributed by atoms with Gasteiger partial charge in [-0.2, -0.15) is 5.10 Å². The number of fused-ring (bicyclic) bond motifs is 1. The molecular weight excluding hydrogens is 414 g/mol. The first-order chi connectivity index (χ1) is 15.1. The van der Waals surface area contributed by atoms with Crippen LogP contribution in [-0.4, -0.2) is 38.6 Å². The van der Waals surface area contributed by atoms with Gasteiger partial charge in [-0.15, -0.1) is 5.10 Å². The van der Waals surface area contributed by atoms with E-state index in [1.54, 1.807) is 37.4 Å². The van der Waals surface area contributed by atoms with Crippen LogP contribution in [0.5, 0.6) is 5.75 Å². The number of benzene rings is 2. The van der Waals surface area contributed by atoms with E-state index in [1.807, 2.05) is 24.3 Å². The van der Waals surface area contributed by atoms with E-state index in [0.717, 1.165) is 12.0 Å². The minimum Gasteiger partial charge on any atom is -0.497 e. The number of thioether (sulfide) groups is 1. The van der Waals surface area contributed by atoms with Crippen molar-refractivity contribution in [3.8, 4) is 17.0 Å². The summed E-state index contributed by atoms with van der Waals surface area (Å²) in [6, 6.07) is 16.9. The molecule has 2 aromatic carbocycles. The van der Waals surface area contributed by atoms with Gasteiger partial charge in [0.1, 0.15) is 11.3 Å². The van der Waals surface area contributed by atoms with Crippen molar-refractivity contribution in [3.63, 3.8) is 0 Å². The number of hydrogen-bond acceptors (Lipinski definition) is 6. The molecule has 4 rings (SSSR count). The van der Waals surface area contributed by atoms with Crippen LogP contribution < -0.4 is 15.6 Å². The average molecular weight is 436 g/mol. The van der Waals surface area contributed by atoms with Crippen LogP contribution in [0.25, 0.3) is 16.8 Å². The van der Waals surface area contributed by atoms with Gasteiger partial charge in [0.2, 0.25) is 11.1 Å². The molecule has 0 aliphatic carbocycles. The van der Waals surface area contributed by atoms with E-state index in [1.165, 1.54) is 21.8 Å². The Morgan fingerprint density at radius 2 is 1.90 bits per heavy atom. The zero-order valence-corrected chi connectivity index (χ0v) is 17.9. The number of rotatable bonds is 7. The van der Waals surface area contributed by atoms with Crippen LogP contribution in [0.2, 0.25) is 0 Å². The number of aromatic amines is 1. The first-order valence-corrected chi connectivity index (χ1v) is 10.7. The van der Waals surface area contributed by atoms with Crippen LogP contribution in [0.4, 0.5) is 5.69 Å². The predicted molar refractivity (Wildman–Crippen MR) is 121 cm³/mol. The summed E-state index contributed by atoms with van der Waals surface area (Å²) in [7, 11) is 1.59. The third-order valence-corrected chi connectivity index (χ3v) is 5.67. The molecule has 2 heterocycles. The van der Waals surface area contributed by atoms with Gasteiger partial charge in [-0.1, -0.05) is 43.0 Å². The maximum atomic E-state index is 12.3. The van der Waals surface area contributed by atoms with E-state index in [-0.39, 0.29) is 17.2 Å². The van der Waals surface area contributed by atoms with Crippen LogP contribution in [0.1, 0.15) is 12.5 Å². The van der Waals surface area contributed by atoms with Crippen molar-refractivity contribution < 1.29 is 9.53 Å². The standard InChI is InChI=1S/C22H21N5O3S/c1-3-14-4-6-15(7-5-14)18-12-19-21(29)24-25-22(27(19)26-18)31-13-20(28)23-16-8-10-17(30-2)11-9-16/h4-12H,3,13H2,1-2H3,(H,23,28)(H,24,29). The SMILES string of the molecule is CCc1ccc(-c2cc3c(=O)[nH]nc(SCC(=O)Nc4ccc(OC)cc4)n3n2)cc1. The molecule has 0 radical (unpaired) electrons. The van der Waals surface area contributed by atoms with E-state index >= 15 is 0 Å². The fourth-order valence-electron chi connectivity index (χ4n) is 3.04. The fourth-order valence-corrected chi connectivity index (χ4v) is 3.74. The summed E-state index contributed by atoms with van der Waals surface area (Å²) in [5.41, 5.74) is 3.52. The monoisotopic (exact) mass is 435 g/mol. The van der Waals surface area contributed by atoms with Crippen LogP contribution >= 0.6 is 11.8 Å². The molecule has 2 N–H and O–H groups in total. The number of H-pyrrole nitrogens is 1. The van der Waals surface area contributed by atoms with Crippen molar-refractivity contribution in [2.45, 2.75) is 18.5 Å². The lowest BCUT2D eigenvalue weighted by Gasteiger charge is -2.06. The molecule has 0 spiro atoms. The topological polar surface area (TPSA) is 101 Å². The summed E-state index contributed by atoms with van der Waals surface area (Å²) < 4.78 is 6.59. The fraction of sp³-hybridized carbons (Fsp3) is 0.182. The number of carbonyl (C=O) groups excluding carboxylic acids is 1. The summed E-state index contributed by atoms with van der Waals surface area (Å²) in [4.78, 5) is 24.6. The van der Waals surface area contributed by atoms with Gasteiger partial charge in [-0.05, 0) is 42.3 Å².